The number of aryl methyl sites for hydroxylation is 1. The highest BCUT2D eigenvalue weighted by molar-refractivity contribution is 6.01. The van der Waals surface area contributed by atoms with Gasteiger partial charge in [0.2, 0.25) is 0 Å². The van der Waals surface area contributed by atoms with Crippen molar-refractivity contribution in [2.24, 2.45) is 0 Å². The Morgan fingerprint density at radius 2 is 2.09 bits per heavy atom. The summed E-state index contributed by atoms with van der Waals surface area (Å²) in [5, 5.41) is 2.66. The maximum absolute atomic E-state index is 12.1. The zero-order chi connectivity index (χ0) is 16.2. The van der Waals surface area contributed by atoms with Gasteiger partial charge in [-0.2, -0.15) is 0 Å². The number of nitrogens with zero attached hydrogens (tertiary/aromatic N) is 2. The summed E-state index contributed by atoms with van der Waals surface area (Å²) in [5.41, 5.74) is 0.885. The molecule has 0 unspecified atom stereocenters. The van der Waals surface area contributed by atoms with Crippen LogP contribution in [-0.2, 0) is 6.54 Å². The first-order chi connectivity index (χ1) is 11.1. The van der Waals surface area contributed by atoms with Crippen LogP contribution in [0.25, 0.3) is 0 Å². The van der Waals surface area contributed by atoms with Crippen molar-refractivity contribution in [2.45, 2.75) is 13.5 Å². The van der Waals surface area contributed by atoms with Gasteiger partial charge in [0.1, 0.15) is 11.6 Å². The summed E-state index contributed by atoms with van der Waals surface area (Å²) in [7, 11) is 0. The minimum absolute atomic E-state index is 0.126. The van der Waals surface area contributed by atoms with Crippen molar-refractivity contribution >= 4 is 11.7 Å². The number of pyridine rings is 2. The number of carbonyl (C=O) groups excluding carboxylic acids is 1. The third-order valence-corrected chi connectivity index (χ3v) is 3.26. The van der Waals surface area contributed by atoms with E-state index >= 15 is 0 Å². The Balaban J connectivity index is 1.71. The monoisotopic (exact) mass is 309 g/mol. The molecule has 0 saturated carbocycles. The summed E-state index contributed by atoms with van der Waals surface area (Å²) in [6.07, 6.45) is 3.34. The fourth-order valence-corrected chi connectivity index (χ4v) is 2.06. The number of aromatic nitrogens is 2. The SMILES string of the molecule is Cc1ccc(NC(=O)c2ccc(Cn3ccccc3=O)o2)nc1. The van der Waals surface area contributed by atoms with E-state index in [1.54, 1.807) is 42.7 Å². The minimum Gasteiger partial charge on any atom is -0.454 e. The Kier molecular flexibility index (Phi) is 4.05. The predicted octanol–water partition coefficient (Wildman–Crippen LogP) is 2.45. The number of anilines is 1. The van der Waals surface area contributed by atoms with Crippen LogP contribution in [0.15, 0.2) is 64.1 Å². The lowest BCUT2D eigenvalue weighted by Crippen LogP contribution is -2.18. The van der Waals surface area contributed by atoms with E-state index in [0.29, 0.717) is 11.6 Å². The van der Waals surface area contributed by atoms with Gasteiger partial charge in [-0.1, -0.05) is 12.1 Å². The third kappa shape index (κ3) is 3.55. The molecule has 0 saturated heterocycles. The number of hydrogen-bond donors (Lipinski definition) is 1. The molecule has 23 heavy (non-hydrogen) atoms. The summed E-state index contributed by atoms with van der Waals surface area (Å²) >= 11 is 0. The molecule has 0 aliphatic carbocycles. The van der Waals surface area contributed by atoms with E-state index in [4.69, 9.17) is 4.42 Å². The van der Waals surface area contributed by atoms with Crippen LogP contribution < -0.4 is 10.9 Å². The quantitative estimate of drug-likeness (QED) is 0.803. The molecule has 0 bridgehead atoms. The van der Waals surface area contributed by atoms with E-state index in [-0.39, 0.29) is 23.8 Å². The number of furan rings is 1. The van der Waals surface area contributed by atoms with E-state index in [0.717, 1.165) is 5.56 Å². The first-order valence-electron chi connectivity index (χ1n) is 7.10. The van der Waals surface area contributed by atoms with Crippen LogP contribution in [0.3, 0.4) is 0 Å². The molecule has 0 fully saturated rings. The molecule has 0 aromatic carbocycles. The van der Waals surface area contributed by atoms with E-state index in [2.05, 4.69) is 10.3 Å². The van der Waals surface area contributed by atoms with Crippen LogP contribution in [0, 0.1) is 6.92 Å². The zero-order valence-corrected chi connectivity index (χ0v) is 12.5. The molecule has 0 aliphatic rings. The van der Waals surface area contributed by atoms with Crippen molar-refractivity contribution < 1.29 is 9.21 Å². The Morgan fingerprint density at radius 3 is 2.83 bits per heavy atom. The molecule has 0 spiro atoms. The number of hydrogen-bond acceptors (Lipinski definition) is 4. The molecule has 116 valence electrons. The maximum Gasteiger partial charge on any atom is 0.292 e. The number of amides is 1. The average Bonchev–Trinajstić information content (AvgIpc) is 3.01. The van der Waals surface area contributed by atoms with Gasteiger partial charge < -0.3 is 14.3 Å². The van der Waals surface area contributed by atoms with E-state index in [1.165, 1.54) is 10.6 Å². The molecule has 3 rings (SSSR count). The molecule has 6 heteroatoms. The highest BCUT2D eigenvalue weighted by Crippen LogP contribution is 2.12. The molecular weight excluding hydrogens is 294 g/mol. The van der Waals surface area contributed by atoms with Crippen molar-refractivity contribution in [3.05, 3.63) is 82.3 Å². The summed E-state index contributed by atoms with van der Waals surface area (Å²) in [4.78, 5) is 27.9. The highest BCUT2D eigenvalue weighted by atomic mass is 16.4. The lowest BCUT2D eigenvalue weighted by molar-refractivity contribution is 0.0994. The first-order valence-corrected chi connectivity index (χ1v) is 7.10. The van der Waals surface area contributed by atoms with Gasteiger partial charge >= 0.3 is 0 Å². The van der Waals surface area contributed by atoms with E-state index < -0.39 is 0 Å². The van der Waals surface area contributed by atoms with E-state index in [9.17, 15) is 9.59 Å². The maximum atomic E-state index is 12.1. The lowest BCUT2D eigenvalue weighted by Gasteiger charge is -2.03. The highest BCUT2D eigenvalue weighted by Gasteiger charge is 2.12. The number of nitrogens with one attached hydrogen (secondary N) is 1. The summed E-state index contributed by atoms with van der Waals surface area (Å²) in [6.45, 7) is 2.19. The first kappa shape index (κ1) is 14.8. The van der Waals surface area contributed by atoms with Crippen LogP contribution in [-0.4, -0.2) is 15.5 Å². The van der Waals surface area contributed by atoms with Gasteiger partial charge in [-0.3, -0.25) is 9.59 Å². The smallest absolute Gasteiger partial charge is 0.292 e. The van der Waals surface area contributed by atoms with Crippen LogP contribution >= 0.6 is 0 Å². The molecule has 0 atom stereocenters. The van der Waals surface area contributed by atoms with Crippen molar-refractivity contribution in [3.8, 4) is 0 Å². The molecule has 6 nitrogen and oxygen atoms in total. The summed E-state index contributed by atoms with van der Waals surface area (Å²) < 4.78 is 7.00. The average molecular weight is 309 g/mol. The minimum atomic E-state index is -0.381. The molecule has 3 heterocycles. The van der Waals surface area contributed by atoms with Gasteiger partial charge in [0, 0.05) is 18.5 Å². The molecule has 0 aliphatic heterocycles. The molecular formula is C17H15N3O3. The largest absolute Gasteiger partial charge is 0.454 e. The van der Waals surface area contributed by atoms with Crippen LogP contribution in [0.4, 0.5) is 5.82 Å². The Labute approximate surface area is 132 Å². The van der Waals surface area contributed by atoms with Gasteiger partial charge in [0.05, 0.1) is 6.54 Å². The Bertz CT molecular complexity index is 878. The zero-order valence-electron chi connectivity index (χ0n) is 12.5. The van der Waals surface area contributed by atoms with Crippen LogP contribution in [0.5, 0.6) is 0 Å². The standard InChI is InChI=1S/C17H15N3O3/c1-12-5-8-15(18-10-12)19-17(22)14-7-6-13(23-14)11-20-9-3-2-4-16(20)21/h2-10H,11H2,1H3,(H,18,19,22). The van der Waals surface area contributed by atoms with Crippen molar-refractivity contribution in [3.63, 3.8) is 0 Å². The van der Waals surface area contributed by atoms with Gasteiger partial charge in [-0.25, -0.2) is 4.98 Å². The Hall–Kier alpha value is -3.15. The second kappa shape index (κ2) is 6.31. The van der Waals surface area contributed by atoms with Crippen LogP contribution in [0.1, 0.15) is 21.9 Å². The normalized spacial score (nSPS) is 10.5. The third-order valence-electron chi connectivity index (χ3n) is 3.26. The molecule has 1 amide bonds. The van der Waals surface area contributed by atoms with Gasteiger partial charge in [-0.05, 0) is 36.8 Å². The van der Waals surface area contributed by atoms with Gasteiger partial charge in [0.15, 0.2) is 5.76 Å². The van der Waals surface area contributed by atoms with Crippen molar-refractivity contribution in [2.75, 3.05) is 5.32 Å². The fourth-order valence-electron chi connectivity index (χ4n) is 2.06. The van der Waals surface area contributed by atoms with Crippen LogP contribution in [0.2, 0.25) is 0 Å². The molecule has 0 radical (unpaired) electrons. The van der Waals surface area contributed by atoms with Crippen molar-refractivity contribution in [1.82, 2.24) is 9.55 Å². The molecule has 3 aromatic heterocycles. The van der Waals surface area contributed by atoms with E-state index in [1.807, 2.05) is 13.0 Å². The molecule has 1 N–H and O–H groups in total. The number of rotatable bonds is 4. The van der Waals surface area contributed by atoms with Gasteiger partial charge in [-0.15, -0.1) is 0 Å². The number of carbonyl (C=O) groups is 1. The summed E-state index contributed by atoms with van der Waals surface area (Å²) in [6, 6.07) is 11.7. The second-order valence-electron chi connectivity index (χ2n) is 5.11. The Morgan fingerprint density at radius 1 is 1.22 bits per heavy atom. The topological polar surface area (TPSA) is 77.1 Å². The van der Waals surface area contributed by atoms with Crippen molar-refractivity contribution in [1.29, 1.82) is 0 Å². The summed E-state index contributed by atoms with van der Waals surface area (Å²) in [5.74, 6) is 0.775. The molecule has 3 aromatic rings. The predicted molar refractivity (Wildman–Crippen MR) is 85.4 cm³/mol. The second-order valence-corrected chi connectivity index (χ2v) is 5.11. The lowest BCUT2D eigenvalue weighted by atomic mass is 10.3. The fraction of sp³-hybridized carbons (Fsp3) is 0.118. The van der Waals surface area contributed by atoms with Gasteiger partial charge in [0.25, 0.3) is 11.5 Å².